The Labute approximate surface area is 227 Å². The number of carbonyl (C=O) groups is 4. The number of rotatable bonds is 5. The van der Waals surface area contributed by atoms with Crippen molar-refractivity contribution in [3.63, 3.8) is 0 Å². The molecule has 6 rings (SSSR count). The largest absolute Gasteiger partial charge is 0.454 e. The molecule has 194 valence electrons. The van der Waals surface area contributed by atoms with Gasteiger partial charge in [0.05, 0.1) is 16.1 Å². The number of esters is 1. The fourth-order valence-electron chi connectivity index (χ4n) is 5.06. The number of hydrogen-bond donors (Lipinski definition) is 0. The maximum Gasteiger partial charge on any atom is 0.340 e. The van der Waals surface area contributed by atoms with Gasteiger partial charge < -0.3 is 18.8 Å². The second-order valence-corrected chi connectivity index (χ2v) is 9.59. The third-order valence-corrected chi connectivity index (χ3v) is 7.32. The molecule has 2 heterocycles. The monoisotopic (exact) mass is 541 g/mol. The Hall–Kier alpha value is -4.69. The van der Waals surface area contributed by atoms with Crippen LogP contribution in [0, 0.1) is 13.8 Å². The van der Waals surface area contributed by atoms with Crippen LogP contribution in [-0.4, -0.2) is 41.3 Å². The first-order valence-electron chi connectivity index (χ1n) is 12.1. The van der Waals surface area contributed by atoms with Crippen molar-refractivity contribution in [3.8, 4) is 17.2 Å². The minimum Gasteiger partial charge on any atom is -0.454 e. The first-order chi connectivity index (χ1) is 18.8. The van der Waals surface area contributed by atoms with Crippen LogP contribution in [0.4, 0.5) is 0 Å². The van der Waals surface area contributed by atoms with Gasteiger partial charge in [0.2, 0.25) is 12.6 Å². The van der Waals surface area contributed by atoms with Crippen molar-refractivity contribution < 1.29 is 33.4 Å². The maximum absolute atomic E-state index is 13.1. The zero-order valence-corrected chi connectivity index (χ0v) is 21.6. The SMILES string of the molecule is Cc1cc(C(=O)COC(=O)c2ccc3c(c2Cl)C(=O)c2ccccc2C3=O)c(C)n1-c1ccc2c(c1)OCO2. The lowest BCUT2D eigenvalue weighted by Gasteiger charge is -2.19. The molecular weight excluding hydrogens is 522 g/mol. The highest BCUT2D eigenvalue weighted by Gasteiger charge is 2.33. The van der Waals surface area contributed by atoms with E-state index in [2.05, 4.69) is 0 Å². The number of aromatic nitrogens is 1. The maximum atomic E-state index is 13.1. The lowest BCUT2D eigenvalue weighted by Crippen LogP contribution is -2.23. The molecule has 1 aliphatic carbocycles. The second kappa shape index (κ2) is 9.25. The van der Waals surface area contributed by atoms with Gasteiger partial charge in [0.1, 0.15) is 0 Å². The molecule has 2 aliphatic rings. The number of hydrogen-bond acceptors (Lipinski definition) is 7. The summed E-state index contributed by atoms with van der Waals surface area (Å²) in [4.78, 5) is 52.0. The molecular formula is C30H20ClNO7. The molecule has 0 saturated carbocycles. The Bertz CT molecular complexity index is 1750. The smallest absolute Gasteiger partial charge is 0.340 e. The van der Waals surface area contributed by atoms with Crippen molar-refractivity contribution in [2.24, 2.45) is 0 Å². The lowest BCUT2D eigenvalue weighted by molar-refractivity contribution is 0.0474. The van der Waals surface area contributed by atoms with Gasteiger partial charge in [-0.25, -0.2) is 4.79 Å². The fraction of sp³-hybridized carbons (Fsp3) is 0.133. The first-order valence-corrected chi connectivity index (χ1v) is 12.4. The van der Waals surface area contributed by atoms with Gasteiger partial charge >= 0.3 is 5.97 Å². The van der Waals surface area contributed by atoms with Crippen LogP contribution in [0.25, 0.3) is 5.69 Å². The van der Waals surface area contributed by atoms with Crippen molar-refractivity contribution in [2.45, 2.75) is 13.8 Å². The molecule has 0 spiro atoms. The van der Waals surface area contributed by atoms with E-state index in [1.165, 1.54) is 12.1 Å². The summed E-state index contributed by atoms with van der Waals surface area (Å²) in [7, 11) is 0. The summed E-state index contributed by atoms with van der Waals surface area (Å²) in [5.74, 6) is -0.813. The van der Waals surface area contributed by atoms with Gasteiger partial charge in [-0.3, -0.25) is 14.4 Å². The molecule has 0 unspecified atom stereocenters. The van der Waals surface area contributed by atoms with Crippen LogP contribution >= 0.6 is 11.6 Å². The van der Waals surface area contributed by atoms with Crippen LogP contribution < -0.4 is 9.47 Å². The average Bonchev–Trinajstić information content (AvgIpc) is 3.52. The minimum atomic E-state index is -0.875. The Morgan fingerprint density at radius 3 is 2.36 bits per heavy atom. The van der Waals surface area contributed by atoms with Crippen LogP contribution in [0.3, 0.4) is 0 Å². The summed E-state index contributed by atoms with van der Waals surface area (Å²) in [5.41, 5.74) is 3.14. The van der Waals surface area contributed by atoms with E-state index >= 15 is 0 Å². The van der Waals surface area contributed by atoms with Crippen LogP contribution in [0.1, 0.15) is 63.9 Å². The van der Waals surface area contributed by atoms with Gasteiger partial charge in [-0.05, 0) is 44.2 Å². The van der Waals surface area contributed by atoms with E-state index in [-0.39, 0.29) is 45.4 Å². The number of fused-ring (bicyclic) bond motifs is 3. The van der Waals surface area contributed by atoms with Crippen LogP contribution in [-0.2, 0) is 4.74 Å². The predicted octanol–water partition coefficient (Wildman–Crippen LogP) is 5.29. The molecule has 1 aliphatic heterocycles. The van der Waals surface area contributed by atoms with Gasteiger partial charge in [0, 0.05) is 45.4 Å². The number of ether oxygens (including phenoxy) is 3. The molecule has 0 bridgehead atoms. The van der Waals surface area contributed by atoms with E-state index in [9.17, 15) is 19.2 Å². The number of halogens is 1. The zero-order valence-electron chi connectivity index (χ0n) is 20.9. The normalized spacial score (nSPS) is 13.2. The van der Waals surface area contributed by atoms with Gasteiger partial charge in [0.25, 0.3) is 0 Å². The van der Waals surface area contributed by atoms with Crippen molar-refractivity contribution in [1.29, 1.82) is 0 Å². The summed E-state index contributed by atoms with van der Waals surface area (Å²) < 4.78 is 18.0. The summed E-state index contributed by atoms with van der Waals surface area (Å²) in [6.45, 7) is 3.29. The topological polar surface area (TPSA) is 101 Å². The lowest BCUT2D eigenvalue weighted by atomic mass is 9.83. The standard InChI is InChI=1S/C30H20ClNO7/c1-15-11-22(16(2)32(15)17-7-10-24-25(12-17)39-14-38-24)23(33)13-37-30(36)21-9-8-20-26(27(21)31)29(35)19-6-4-3-5-18(19)28(20)34/h3-12H,13-14H2,1-2H3. The zero-order chi connectivity index (χ0) is 27.4. The van der Waals surface area contributed by atoms with E-state index in [1.54, 1.807) is 43.3 Å². The van der Waals surface area contributed by atoms with E-state index < -0.39 is 24.1 Å². The second-order valence-electron chi connectivity index (χ2n) is 9.21. The molecule has 0 N–H and O–H groups in total. The molecule has 39 heavy (non-hydrogen) atoms. The summed E-state index contributed by atoms with van der Waals surface area (Å²) >= 11 is 6.46. The highest BCUT2D eigenvalue weighted by molar-refractivity contribution is 6.41. The quantitative estimate of drug-likeness (QED) is 0.220. The number of nitrogens with zero attached hydrogens (tertiary/aromatic N) is 1. The molecule has 8 nitrogen and oxygen atoms in total. The van der Waals surface area contributed by atoms with Crippen LogP contribution in [0.15, 0.2) is 60.7 Å². The number of aryl methyl sites for hydroxylation is 1. The number of ketones is 3. The molecule has 0 fully saturated rings. The van der Waals surface area contributed by atoms with Crippen molar-refractivity contribution in [2.75, 3.05) is 13.4 Å². The van der Waals surface area contributed by atoms with Crippen molar-refractivity contribution in [1.82, 2.24) is 4.57 Å². The van der Waals surface area contributed by atoms with Crippen molar-refractivity contribution in [3.05, 3.63) is 110 Å². The van der Waals surface area contributed by atoms with Gasteiger partial charge in [0.15, 0.2) is 29.7 Å². The summed E-state index contributed by atoms with van der Waals surface area (Å²) in [6, 6.07) is 16.4. The molecule has 4 aromatic rings. The van der Waals surface area contributed by atoms with Crippen LogP contribution in [0.2, 0.25) is 5.02 Å². The van der Waals surface area contributed by atoms with Gasteiger partial charge in [-0.1, -0.05) is 35.9 Å². The summed E-state index contributed by atoms with van der Waals surface area (Å²) in [5, 5.41) is -0.182. The average molecular weight is 542 g/mol. The summed E-state index contributed by atoms with van der Waals surface area (Å²) in [6.07, 6.45) is 0. The molecule has 0 amide bonds. The third kappa shape index (κ3) is 3.92. The van der Waals surface area contributed by atoms with Crippen molar-refractivity contribution >= 4 is 34.9 Å². The van der Waals surface area contributed by atoms with Gasteiger partial charge in [-0.15, -0.1) is 0 Å². The Morgan fingerprint density at radius 1 is 0.872 bits per heavy atom. The first kappa shape index (κ1) is 24.6. The highest BCUT2D eigenvalue weighted by Crippen LogP contribution is 2.36. The van der Waals surface area contributed by atoms with E-state index in [4.69, 9.17) is 25.8 Å². The Balaban J connectivity index is 1.22. The molecule has 0 atom stereocenters. The van der Waals surface area contributed by atoms with Crippen LogP contribution in [0.5, 0.6) is 11.5 Å². The molecule has 1 aromatic heterocycles. The molecule has 0 radical (unpaired) electrons. The Kier molecular flexibility index (Phi) is 5.84. The fourth-order valence-corrected chi connectivity index (χ4v) is 5.38. The minimum absolute atomic E-state index is 0.0478. The van der Waals surface area contributed by atoms with E-state index in [1.807, 2.05) is 23.6 Å². The number of Topliss-reactive ketones (excluding diaryl/α,β-unsaturated/α-hetero) is 1. The molecule has 9 heteroatoms. The Morgan fingerprint density at radius 2 is 1.59 bits per heavy atom. The number of carbonyl (C=O) groups excluding carboxylic acids is 4. The highest BCUT2D eigenvalue weighted by atomic mass is 35.5. The number of benzene rings is 3. The van der Waals surface area contributed by atoms with E-state index in [0.717, 1.165) is 11.4 Å². The van der Waals surface area contributed by atoms with E-state index in [0.29, 0.717) is 22.8 Å². The third-order valence-electron chi connectivity index (χ3n) is 6.93. The van der Waals surface area contributed by atoms with Gasteiger partial charge in [-0.2, -0.15) is 0 Å². The molecule has 3 aromatic carbocycles. The molecule has 0 saturated heterocycles. The predicted molar refractivity (Wildman–Crippen MR) is 141 cm³/mol.